The highest BCUT2D eigenvalue weighted by Gasteiger charge is 2.03. The number of halogens is 1. The van der Waals surface area contributed by atoms with Crippen LogP contribution >= 0.6 is 0 Å². The lowest BCUT2D eigenvalue weighted by Crippen LogP contribution is -1.93. The molecule has 1 heterocycles. The fourth-order valence-corrected chi connectivity index (χ4v) is 1.36. The summed E-state index contributed by atoms with van der Waals surface area (Å²) in [4.78, 5) is 7.86. The molecule has 0 aliphatic carbocycles. The van der Waals surface area contributed by atoms with Crippen LogP contribution in [-0.2, 0) is 0 Å². The normalized spacial score (nSPS) is 9.44. The molecule has 2 aromatic rings. The van der Waals surface area contributed by atoms with E-state index in [1.54, 1.807) is 19.1 Å². The number of aromatic nitrogens is 1. The molecule has 0 bridgehead atoms. The summed E-state index contributed by atoms with van der Waals surface area (Å²) in [5.74, 6) is 0.120. The van der Waals surface area contributed by atoms with Gasteiger partial charge in [0.15, 0.2) is 0 Å². The fraction of sp³-hybridized carbons (Fsp3) is 0.0769. The van der Waals surface area contributed by atoms with Gasteiger partial charge in [0.1, 0.15) is 11.4 Å². The van der Waals surface area contributed by atoms with E-state index in [4.69, 9.17) is 5.73 Å². The van der Waals surface area contributed by atoms with Crippen LogP contribution in [0.25, 0.3) is 4.95 Å². The molecular formula is C13H12FN4+. The van der Waals surface area contributed by atoms with Gasteiger partial charge < -0.3 is 5.73 Å². The number of pyridine rings is 1. The lowest BCUT2D eigenvalue weighted by Gasteiger charge is -1.94. The van der Waals surface area contributed by atoms with Crippen molar-refractivity contribution < 1.29 is 4.39 Å². The average molecular weight is 243 g/mol. The van der Waals surface area contributed by atoms with Crippen molar-refractivity contribution >= 4 is 11.5 Å². The first-order valence-electron chi connectivity index (χ1n) is 5.35. The molecule has 0 aliphatic heterocycles. The van der Waals surface area contributed by atoms with Crippen LogP contribution in [0.15, 0.2) is 36.4 Å². The highest BCUT2D eigenvalue weighted by molar-refractivity contribution is 5.47. The third kappa shape index (κ3) is 2.95. The van der Waals surface area contributed by atoms with Crippen LogP contribution in [0, 0.1) is 18.8 Å². The van der Waals surface area contributed by atoms with Gasteiger partial charge in [0.05, 0.1) is 10.6 Å². The summed E-state index contributed by atoms with van der Waals surface area (Å²) in [6.07, 6.45) is 0. The van der Waals surface area contributed by atoms with Gasteiger partial charge in [-0.2, -0.15) is 0 Å². The fourth-order valence-electron chi connectivity index (χ4n) is 1.36. The molecule has 18 heavy (non-hydrogen) atoms. The highest BCUT2D eigenvalue weighted by Crippen LogP contribution is 2.09. The first-order chi connectivity index (χ1) is 8.65. The van der Waals surface area contributed by atoms with Crippen molar-refractivity contribution in [1.82, 2.24) is 4.98 Å². The Morgan fingerprint density at radius 3 is 2.89 bits per heavy atom. The molecule has 1 aromatic heterocycles. The number of benzene rings is 1. The predicted molar refractivity (Wildman–Crippen MR) is 69.8 cm³/mol. The lowest BCUT2D eigenvalue weighted by atomic mass is 10.2. The van der Waals surface area contributed by atoms with Gasteiger partial charge in [-0.3, -0.25) is 0 Å². The second kappa shape index (κ2) is 5.15. The van der Waals surface area contributed by atoms with E-state index in [1.807, 2.05) is 12.1 Å². The van der Waals surface area contributed by atoms with E-state index in [9.17, 15) is 4.39 Å². The molecule has 1 aromatic carbocycles. The topological polar surface area (TPSA) is 55.3 Å². The Bertz CT molecular complexity index is 628. The van der Waals surface area contributed by atoms with Crippen molar-refractivity contribution in [2.75, 3.05) is 11.2 Å². The van der Waals surface area contributed by atoms with Crippen LogP contribution < -0.4 is 11.2 Å². The number of hydrogen-bond donors (Lipinski definition) is 2. The van der Waals surface area contributed by atoms with Crippen LogP contribution in [0.4, 0.5) is 15.9 Å². The van der Waals surface area contributed by atoms with Crippen LogP contribution in [0.1, 0.15) is 11.3 Å². The maximum atomic E-state index is 13.0. The molecule has 0 fully saturated rings. The zero-order valence-electron chi connectivity index (χ0n) is 9.81. The Balaban J connectivity index is 2.10. The molecule has 2 rings (SSSR count). The van der Waals surface area contributed by atoms with Crippen molar-refractivity contribution in [3.63, 3.8) is 0 Å². The molecule has 3 N–H and O–H groups in total. The Hall–Kier alpha value is -2.61. The van der Waals surface area contributed by atoms with Gasteiger partial charge in [0.25, 0.3) is 0 Å². The molecule has 4 nitrogen and oxygen atoms in total. The quantitative estimate of drug-likeness (QED) is 0.598. The predicted octanol–water partition coefficient (Wildman–Crippen LogP) is 2.82. The van der Waals surface area contributed by atoms with Crippen molar-refractivity contribution in [2.24, 2.45) is 0 Å². The van der Waals surface area contributed by atoms with Crippen molar-refractivity contribution in [3.05, 3.63) is 58.4 Å². The monoisotopic (exact) mass is 243 g/mol. The number of nitrogens with zero attached hydrogens (tertiary/aromatic N) is 2. The van der Waals surface area contributed by atoms with Gasteiger partial charge in [-0.1, -0.05) is 6.07 Å². The molecule has 5 heteroatoms. The van der Waals surface area contributed by atoms with E-state index in [0.717, 1.165) is 5.56 Å². The minimum atomic E-state index is -0.343. The largest absolute Gasteiger partial charge is 0.399 e. The molecule has 90 valence electrons. The summed E-state index contributed by atoms with van der Waals surface area (Å²) < 4.78 is 13.0. The van der Waals surface area contributed by atoms with Crippen molar-refractivity contribution in [1.29, 1.82) is 0 Å². The van der Waals surface area contributed by atoms with Crippen LogP contribution in [0.2, 0.25) is 0 Å². The number of nitrogens with one attached hydrogen (secondary N) is 1. The van der Waals surface area contributed by atoms with Crippen molar-refractivity contribution in [3.8, 4) is 6.07 Å². The van der Waals surface area contributed by atoms with Crippen LogP contribution in [0.5, 0.6) is 0 Å². The smallest absolute Gasteiger partial charge is 0.357 e. The second-order valence-electron chi connectivity index (χ2n) is 3.72. The Labute approximate surface area is 104 Å². The van der Waals surface area contributed by atoms with Gasteiger partial charge in [0, 0.05) is 5.69 Å². The van der Waals surface area contributed by atoms with E-state index < -0.39 is 0 Å². The van der Waals surface area contributed by atoms with Gasteiger partial charge in [-0.25, -0.2) is 9.37 Å². The highest BCUT2D eigenvalue weighted by atomic mass is 19.1. The number of hydrogen-bond acceptors (Lipinski definition) is 3. The lowest BCUT2D eigenvalue weighted by molar-refractivity contribution is 0.610. The standard InChI is InChI=1S/C13H12FN4/c1-9-12(14)5-6-13(17-9)18-16-8-10-3-2-4-11(15)7-10/h2-7H,15H2,1H3,(H,17,18)/q+1. The first kappa shape index (κ1) is 11.9. The Morgan fingerprint density at radius 1 is 1.33 bits per heavy atom. The van der Waals surface area contributed by atoms with Gasteiger partial charge in [0.2, 0.25) is 5.82 Å². The summed E-state index contributed by atoms with van der Waals surface area (Å²) in [6, 6.07) is 12.8. The van der Waals surface area contributed by atoms with Crippen molar-refractivity contribution in [2.45, 2.75) is 6.92 Å². The molecule has 0 atom stereocenters. The maximum Gasteiger partial charge on any atom is 0.357 e. The molecule has 0 unspecified atom stereocenters. The number of nitrogens with two attached hydrogens (primary N) is 1. The van der Waals surface area contributed by atoms with Gasteiger partial charge in [-0.05, 0) is 42.7 Å². The SMILES string of the molecule is Cc1nc(N[N+]#Cc2cccc(N)c2)ccc1F. The summed E-state index contributed by atoms with van der Waals surface area (Å²) in [5.41, 5.74) is 10.0. The van der Waals surface area contributed by atoms with Crippen LogP contribution in [0.3, 0.4) is 0 Å². The Kier molecular flexibility index (Phi) is 3.39. The molecule has 0 saturated carbocycles. The number of nitrogen functional groups attached to an aromatic ring is 1. The van der Waals surface area contributed by atoms with Gasteiger partial charge in [-0.15, -0.1) is 0 Å². The third-order valence-corrected chi connectivity index (χ3v) is 2.26. The summed E-state index contributed by atoms with van der Waals surface area (Å²) in [6.45, 7) is 1.59. The van der Waals surface area contributed by atoms with E-state index in [0.29, 0.717) is 17.2 Å². The molecule has 0 amide bonds. The Morgan fingerprint density at radius 2 is 2.17 bits per heavy atom. The summed E-state index contributed by atoms with van der Waals surface area (Å²) in [7, 11) is 0. The molecule has 0 spiro atoms. The summed E-state index contributed by atoms with van der Waals surface area (Å²) in [5, 5.41) is 0. The average Bonchev–Trinajstić information content (AvgIpc) is 2.34. The molecular weight excluding hydrogens is 231 g/mol. The first-order valence-corrected chi connectivity index (χ1v) is 5.35. The number of anilines is 2. The minimum absolute atomic E-state index is 0.319. The molecule has 0 aliphatic rings. The van der Waals surface area contributed by atoms with Gasteiger partial charge >= 0.3 is 6.07 Å². The van der Waals surface area contributed by atoms with E-state index in [2.05, 4.69) is 21.4 Å². The van der Waals surface area contributed by atoms with E-state index in [-0.39, 0.29) is 5.82 Å². The third-order valence-electron chi connectivity index (χ3n) is 2.26. The zero-order valence-corrected chi connectivity index (χ0v) is 9.81. The molecule has 0 saturated heterocycles. The zero-order chi connectivity index (χ0) is 13.0. The minimum Gasteiger partial charge on any atom is -0.399 e. The van der Waals surface area contributed by atoms with Crippen LogP contribution in [-0.4, -0.2) is 4.98 Å². The molecule has 0 radical (unpaired) electrons. The second-order valence-corrected chi connectivity index (χ2v) is 3.72. The van der Waals surface area contributed by atoms with E-state index in [1.165, 1.54) is 12.1 Å². The maximum absolute atomic E-state index is 13.0. The summed E-state index contributed by atoms with van der Waals surface area (Å²) >= 11 is 0. The van der Waals surface area contributed by atoms with E-state index >= 15 is 0 Å². The number of rotatable bonds is 1. The number of aryl methyl sites for hydroxylation is 1.